The van der Waals surface area contributed by atoms with Gasteiger partial charge in [-0.05, 0) is 0 Å². The maximum absolute atomic E-state index is 12.0. The van der Waals surface area contributed by atoms with E-state index in [4.69, 9.17) is 0 Å². The van der Waals surface area contributed by atoms with Gasteiger partial charge in [0.05, 0.1) is 25.1 Å². The Balaban J connectivity index is 1.67. The second-order valence-electron chi connectivity index (χ2n) is 6.39. The molecule has 2 aliphatic rings. The van der Waals surface area contributed by atoms with Gasteiger partial charge in [-0.2, -0.15) is 0 Å². The van der Waals surface area contributed by atoms with E-state index in [1.54, 1.807) is 16.7 Å². The number of carbonyl (C=O) groups is 2. The van der Waals surface area contributed by atoms with Crippen molar-refractivity contribution in [2.24, 2.45) is 0 Å². The molecule has 0 saturated carbocycles. The fraction of sp³-hybridized carbons (Fsp3) is 0.529. The molecule has 1 aromatic rings. The predicted molar refractivity (Wildman–Crippen MR) is 86.6 cm³/mol. The van der Waals surface area contributed by atoms with Crippen LogP contribution in [0.2, 0.25) is 0 Å². The standard InChI is InChI=1S/C17H22N2O3S/c1-13(20)19-15(16(21)22)12-23-17(19)7-9-18(10-8-17)11-14-5-3-2-4-6-14/h2-6,15H,7-12H2,1H3,(H,21,22)/t15-/m0/s1. The number of piperidine rings is 1. The Bertz CT molecular complexity index is 585. The third kappa shape index (κ3) is 3.23. The lowest BCUT2D eigenvalue weighted by atomic mass is 10.00. The predicted octanol–water partition coefficient (Wildman–Crippen LogP) is -0.725. The van der Waals surface area contributed by atoms with Gasteiger partial charge in [0, 0.05) is 31.1 Å². The number of rotatable bonds is 3. The summed E-state index contributed by atoms with van der Waals surface area (Å²) in [5.41, 5.74) is 1.31. The summed E-state index contributed by atoms with van der Waals surface area (Å²) in [4.78, 5) is 26.1. The minimum atomic E-state index is -1.14. The lowest BCUT2D eigenvalue weighted by Gasteiger charge is -2.43. The second-order valence-corrected chi connectivity index (χ2v) is 7.78. The van der Waals surface area contributed by atoms with Crippen molar-refractivity contribution in [2.45, 2.75) is 37.2 Å². The van der Waals surface area contributed by atoms with Crippen LogP contribution in [-0.4, -0.2) is 46.5 Å². The van der Waals surface area contributed by atoms with Crippen molar-refractivity contribution >= 4 is 23.6 Å². The summed E-state index contributed by atoms with van der Waals surface area (Å²) in [6.45, 7) is 4.34. The normalized spacial score (nSPS) is 30.6. The summed E-state index contributed by atoms with van der Waals surface area (Å²) >= 11 is 1.62. The highest BCUT2D eigenvalue weighted by molar-refractivity contribution is 8.01. The van der Waals surface area contributed by atoms with E-state index in [0.29, 0.717) is 5.75 Å². The number of nitrogens with zero attached hydrogens (tertiary/aromatic N) is 1. The van der Waals surface area contributed by atoms with Crippen molar-refractivity contribution in [3.05, 3.63) is 35.9 Å². The summed E-state index contributed by atoms with van der Waals surface area (Å²) in [6, 6.07) is 9.60. The lowest BCUT2D eigenvalue weighted by Crippen LogP contribution is -3.12. The number of benzene rings is 1. The van der Waals surface area contributed by atoms with Crippen molar-refractivity contribution in [2.75, 3.05) is 18.8 Å². The lowest BCUT2D eigenvalue weighted by molar-refractivity contribution is -0.919. The summed E-state index contributed by atoms with van der Waals surface area (Å²) in [6.07, 6.45) is 1.67. The molecule has 5 nitrogen and oxygen atoms in total. The van der Waals surface area contributed by atoms with Crippen LogP contribution in [-0.2, 0) is 16.1 Å². The maximum Gasteiger partial charge on any atom is 0.221 e. The molecule has 23 heavy (non-hydrogen) atoms. The summed E-state index contributed by atoms with van der Waals surface area (Å²) in [5.74, 6) is -0.852. The maximum atomic E-state index is 12.0. The molecular formula is C17H22N2O3S. The molecule has 1 amide bonds. The largest absolute Gasteiger partial charge is 0.548 e. The number of quaternary nitrogens is 1. The van der Waals surface area contributed by atoms with Gasteiger partial charge in [0.15, 0.2) is 0 Å². The molecule has 2 aliphatic heterocycles. The van der Waals surface area contributed by atoms with Gasteiger partial charge in [-0.25, -0.2) is 0 Å². The number of carboxylic acids is 1. The molecule has 124 valence electrons. The molecule has 1 atom stereocenters. The number of carboxylic acid groups (broad SMARTS) is 1. The minimum Gasteiger partial charge on any atom is -0.548 e. The molecule has 2 fully saturated rings. The number of thioether (sulfide) groups is 1. The van der Waals surface area contributed by atoms with E-state index in [0.717, 1.165) is 32.5 Å². The first kappa shape index (κ1) is 16.3. The molecule has 1 aromatic carbocycles. The Hall–Kier alpha value is -1.53. The molecular weight excluding hydrogens is 312 g/mol. The highest BCUT2D eigenvalue weighted by Gasteiger charge is 2.51. The molecule has 0 aliphatic carbocycles. The van der Waals surface area contributed by atoms with E-state index < -0.39 is 12.0 Å². The fourth-order valence-electron chi connectivity index (χ4n) is 3.78. The Kier molecular flexibility index (Phi) is 4.64. The molecule has 1 spiro atoms. The summed E-state index contributed by atoms with van der Waals surface area (Å²) in [7, 11) is 0. The van der Waals surface area contributed by atoms with Crippen LogP contribution in [0.3, 0.4) is 0 Å². The van der Waals surface area contributed by atoms with Crippen LogP contribution in [0.15, 0.2) is 30.3 Å². The average Bonchev–Trinajstić information content (AvgIpc) is 2.90. The van der Waals surface area contributed by atoms with Gasteiger partial charge in [0.1, 0.15) is 11.4 Å². The number of hydrogen-bond donors (Lipinski definition) is 1. The molecule has 0 aromatic heterocycles. The van der Waals surface area contributed by atoms with Gasteiger partial charge in [0.2, 0.25) is 5.91 Å². The number of amides is 1. The number of likely N-dealkylation sites (tertiary alicyclic amines) is 1. The molecule has 2 heterocycles. The van der Waals surface area contributed by atoms with Crippen molar-refractivity contribution in [1.82, 2.24) is 4.90 Å². The highest BCUT2D eigenvalue weighted by atomic mass is 32.2. The highest BCUT2D eigenvalue weighted by Crippen LogP contribution is 2.44. The van der Waals surface area contributed by atoms with Gasteiger partial charge >= 0.3 is 0 Å². The van der Waals surface area contributed by atoms with E-state index in [1.807, 2.05) is 6.07 Å². The summed E-state index contributed by atoms with van der Waals surface area (Å²) in [5, 5.41) is 11.3. The third-order valence-corrected chi connectivity index (χ3v) is 6.53. The van der Waals surface area contributed by atoms with Crippen molar-refractivity contribution in [3.8, 4) is 0 Å². The van der Waals surface area contributed by atoms with Gasteiger partial charge in [-0.1, -0.05) is 30.3 Å². The molecule has 0 unspecified atom stereocenters. The number of hydrogen-bond acceptors (Lipinski definition) is 4. The van der Waals surface area contributed by atoms with E-state index in [-0.39, 0.29) is 10.8 Å². The Morgan fingerprint density at radius 3 is 2.52 bits per heavy atom. The zero-order chi connectivity index (χ0) is 16.4. The minimum absolute atomic E-state index is 0.157. The number of nitrogens with one attached hydrogen (secondary N) is 1. The second kappa shape index (κ2) is 6.53. The van der Waals surface area contributed by atoms with Crippen molar-refractivity contribution < 1.29 is 19.6 Å². The Morgan fingerprint density at radius 1 is 1.30 bits per heavy atom. The smallest absolute Gasteiger partial charge is 0.221 e. The van der Waals surface area contributed by atoms with Gasteiger partial charge in [-0.3, -0.25) is 4.79 Å². The van der Waals surface area contributed by atoms with Crippen molar-refractivity contribution in [3.63, 3.8) is 0 Å². The van der Waals surface area contributed by atoms with Gasteiger partial charge in [0.25, 0.3) is 0 Å². The van der Waals surface area contributed by atoms with Crippen LogP contribution in [0.5, 0.6) is 0 Å². The van der Waals surface area contributed by atoms with E-state index >= 15 is 0 Å². The van der Waals surface area contributed by atoms with Gasteiger partial charge < -0.3 is 19.7 Å². The first-order valence-corrected chi connectivity index (χ1v) is 9.03. The van der Waals surface area contributed by atoms with Crippen molar-refractivity contribution in [1.29, 1.82) is 0 Å². The average molecular weight is 334 g/mol. The van der Waals surface area contributed by atoms with Crippen LogP contribution in [0.1, 0.15) is 25.3 Å². The van der Waals surface area contributed by atoms with Crippen LogP contribution < -0.4 is 10.0 Å². The monoisotopic (exact) mass is 334 g/mol. The Labute approximate surface area is 140 Å². The first-order chi connectivity index (χ1) is 11.0. The molecule has 1 N–H and O–H groups in total. The zero-order valence-electron chi connectivity index (χ0n) is 13.3. The molecule has 3 rings (SSSR count). The molecule has 6 heteroatoms. The SMILES string of the molecule is CC(=O)N1[C@H](C(=O)[O-])CSC12CC[NH+](Cc1ccccc1)CC2. The molecule has 2 saturated heterocycles. The number of carbonyl (C=O) groups excluding carboxylic acids is 2. The van der Waals surface area contributed by atoms with Crippen LogP contribution in [0, 0.1) is 0 Å². The van der Waals surface area contributed by atoms with E-state index in [2.05, 4.69) is 24.3 Å². The third-order valence-electron chi connectivity index (χ3n) is 4.91. The Morgan fingerprint density at radius 2 is 1.96 bits per heavy atom. The van der Waals surface area contributed by atoms with E-state index in [1.165, 1.54) is 17.4 Å². The quantitative estimate of drug-likeness (QED) is 0.792. The van der Waals surface area contributed by atoms with Crippen LogP contribution >= 0.6 is 11.8 Å². The van der Waals surface area contributed by atoms with Crippen LogP contribution in [0.25, 0.3) is 0 Å². The zero-order valence-corrected chi connectivity index (χ0v) is 14.1. The number of aliphatic carboxylic acids is 1. The van der Waals surface area contributed by atoms with Gasteiger partial charge in [-0.15, -0.1) is 11.8 Å². The first-order valence-electron chi connectivity index (χ1n) is 8.04. The van der Waals surface area contributed by atoms with E-state index in [9.17, 15) is 14.7 Å². The summed E-state index contributed by atoms with van der Waals surface area (Å²) < 4.78 is 0. The molecule has 0 radical (unpaired) electrons. The molecule has 0 bridgehead atoms. The van der Waals surface area contributed by atoms with Crippen LogP contribution in [0.4, 0.5) is 0 Å². The topological polar surface area (TPSA) is 64.9 Å². The fourth-order valence-corrected chi connectivity index (χ4v) is 5.42.